The fourth-order valence-corrected chi connectivity index (χ4v) is 4.07. The number of morpholine rings is 1. The lowest BCUT2D eigenvalue weighted by Crippen LogP contribution is -3.18. The Labute approximate surface area is 139 Å². The van der Waals surface area contributed by atoms with E-state index in [9.17, 15) is 4.79 Å². The Balaban J connectivity index is 1.62. The van der Waals surface area contributed by atoms with Crippen LogP contribution < -0.4 is 10.2 Å². The van der Waals surface area contributed by atoms with E-state index < -0.39 is 0 Å². The SMILES string of the molecule is C[C@@H](C(=O)NCC1(c2ccccc2)CCCC1)[NH+]1CCOCC1. The van der Waals surface area contributed by atoms with Crippen LogP contribution in [0.1, 0.15) is 38.2 Å². The molecule has 0 bridgehead atoms. The average Bonchev–Trinajstić information content (AvgIpc) is 3.11. The summed E-state index contributed by atoms with van der Waals surface area (Å²) in [5.41, 5.74) is 1.51. The number of benzene rings is 1. The van der Waals surface area contributed by atoms with Crippen molar-refractivity contribution >= 4 is 5.91 Å². The van der Waals surface area contributed by atoms with E-state index in [2.05, 4.69) is 35.6 Å². The molecule has 1 aliphatic heterocycles. The van der Waals surface area contributed by atoms with Crippen LogP contribution in [-0.4, -0.2) is 44.8 Å². The lowest BCUT2D eigenvalue weighted by Gasteiger charge is -2.32. The Bertz CT molecular complexity index is 505. The van der Waals surface area contributed by atoms with Gasteiger partial charge in [0.1, 0.15) is 13.1 Å². The Morgan fingerprint density at radius 2 is 1.87 bits per heavy atom. The molecular weight excluding hydrogens is 288 g/mol. The van der Waals surface area contributed by atoms with Crippen molar-refractivity contribution in [2.75, 3.05) is 32.8 Å². The Hall–Kier alpha value is -1.39. The van der Waals surface area contributed by atoms with Gasteiger partial charge in [0.05, 0.1) is 13.2 Å². The summed E-state index contributed by atoms with van der Waals surface area (Å²) in [6.07, 6.45) is 4.87. The van der Waals surface area contributed by atoms with Crippen molar-refractivity contribution in [2.24, 2.45) is 0 Å². The van der Waals surface area contributed by atoms with Crippen molar-refractivity contribution in [2.45, 2.75) is 44.1 Å². The molecule has 3 rings (SSSR count). The normalized spacial score (nSPS) is 22.7. The van der Waals surface area contributed by atoms with Crippen LogP contribution in [0.15, 0.2) is 30.3 Å². The minimum atomic E-state index is 0.00752. The molecule has 2 fully saturated rings. The molecule has 4 heteroatoms. The maximum Gasteiger partial charge on any atom is 0.278 e. The van der Waals surface area contributed by atoms with Crippen LogP contribution in [0, 0.1) is 0 Å². The molecule has 1 aliphatic carbocycles. The van der Waals surface area contributed by atoms with E-state index in [1.165, 1.54) is 36.1 Å². The van der Waals surface area contributed by atoms with Gasteiger partial charge in [-0.15, -0.1) is 0 Å². The third kappa shape index (κ3) is 3.75. The number of nitrogens with one attached hydrogen (secondary N) is 2. The molecule has 2 N–H and O–H groups in total. The van der Waals surface area contributed by atoms with E-state index in [0.29, 0.717) is 0 Å². The first kappa shape index (κ1) is 16.5. The summed E-state index contributed by atoms with van der Waals surface area (Å²) in [6.45, 7) is 6.20. The predicted octanol–water partition coefficient (Wildman–Crippen LogP) is 0.918. The topological polar surface area (TPSA) is 42.8 Å². The van der Waals surface area contributed by atoms with Crippen LogP contribution in [0.5, 0.6) is 0 Å². The van der Waals surface area contributed by atoms with Crippen LogP contribution in [0.25, 0.3) is 0 Å². The van der Waals surface area contributed by atoms with Crippen molar-refractivity contribution in [1.82, 2.24) is 5.32 Å². The molecule has 0 radical (unpaired) electrons. The zero-order valence-electron chi connectivity index (χ0n) is 14.1. The van der Waals surface area contributed by atoms with Crippen molar-refractivity contribution < 1.29 is 14.4 Å². The highest BCUT2D eigenvalue weighted by Crippen LogP contribution is 2.40. The summed E-state index contributed by atoms with van der Waals surface area (Å²) in [5, 5.41) is 3.26. The summed E-state index contributed by atoms with van der Waals surface area (Å²) in [7, 11) is 0. The third-order valence-corrected chi connectivity index (χ3v) is 5.69. The quantitative estimate of drug-likeness (QED) is 0.848. The number of hydrogen-bond acceptors (Lipinski definition) is 2. The van der Waals surface area contributed by atoms with Crippen molar-refractivity contribution in [3.05, 3.63) is 35.9 Å². The number of ether oxygens (including phenoxy) is 1. The number of hydrogen-bond donors (Lipinski definition) is 2. The molecule has 0 aromatic heterocycles. The minimum absolute atomic E-state index is 0.00752. The van der Waals surface area contributed by atoms with Gasteiger partial charge in [0.2, 0.25) is 0 Å². The van der Waals surface area contributed by atoms with Gasteiger partial charge in [-0.25, -0.2) is 0 Å². The third-order valence-electron chi connectivity index (χ3n) is 5.69. The number of carbonyl (C=O) groups excluding carboxylic acids is 1. The highest BCUT2D eigenvalue weighted by Gasteiger charge is 2.37. The zero-order valence-corrected chi connectivity index (χ0v) is 14.1. The average molecular weight is 317 g/mol. The second-order valence-electron chi connectivity index (χ2n) is 7.06. The number of carbonyl (C=O) groups is 1. The Morgan fingerprint density at radius 3 is 2.52 bits per heavy atom. The van der Waals surface area contributed by atoms with Crippen LogP contribution >= 0.6 is 0 Å². The van der Waals surface area contributed by atoms with E-state index >= 15 is 0 Å². The maximum absolute atomic E-state index is 12.6. The molecule has 1 heterocycles. The van der Waals surface area contributed by atoms with Gasteiger partial charge >= 0.3 is 0 Å². The second kappa shape index (κ2) is 7.45. The molecule has 1 aromatic rings. The van der Waals surface area contributed by atoms with Gasteiger partial charge in [-0.1, -0.05) is 43.2 Å². The molecule has 126 valence electrons. The number of amides is 1. The molecule has 1 atom stereocenters. The number of rotatable bonds is 5. The Kier molecular flexibility index (Phi) is 5.34. The van der Waals surface area contributed by atoms with E-state index in [1.807, 2.05) is 6.92 Å². The van der Waals surface area contributed by atoms with E-state index in [4.69, 9.17) is 4.74 Å². The second-order valence-corrected chi connectivity index (χ2v) is 7.06. The largest absolute Gasteiger partial charge is 0.370 e. The summed E-state index contributed by atoms with van der Waals surface area (Å²) in [4.78, 5) is 13.9. The monoisotopic (exact) mass is 317 g/mol. The van der Waals surface area contributed by atoms with E-state index in [0.717, 1.165) is 32.8 Å². The number of quaternary nitrogens is 1. The zero-order chi connectivity index (χ0) is 16.1. The van der Waals surface area contributed by atoms with Crippen molar-refractivity contribution in [1.29, 1.82) is 0 Å². The lowest BCUT2D eigenvalue weighted by atomic mass is 9.79. The molecule has 0 spiro atoms. The van der Waals surface area contributed by atoms with Gasteiger partial charge in [0.25, 0.3) is 5.91 Å². The van der Waals surface area contributed by atoms with Gasteiger partial charge < -0.3 is 15.0 Å². The van der Waals surface area contributed by atoms with Gasteiger partial charge in [0.15, 0.2) is 6.04 Å². The predicted molar refractivity (Wildman–Crippen MR) is 90.6 cm³/mol. The van der Waals surface area contributed by atoms with Crippen LogP contribution in [0.2, 0.25) is 0 Å². The highest BCUT2D eigenvalue weighted by molar-refractivity contribution is 5.80. The van der Waals surface area contributed by atoms with Gasteiger partial charge in [-0.3, -0.25) is 4.79 Å². The summed E-state index contributed by atoms with van der Waals surface area (Å²) in [6, 6.07) is 10.7. The first-order valence-electron chi connectivity index (χ1n) is 8.97. The van der Waals surface area contributed by atoms with Crippen LogP contribution in [-0.2, 0) is 14.9 Å². The first-order chi connectivity index (χ1) is 11.2. The van der Waals surface area contributed by atoms with Crippen molar-refractivity contribution in [3.8, 4) is 0 Å². The molecule has 1 saturated carbocycles. The lowest BCUT2D eigenvalue weighted by molar-refractivity contribution is -0.921. The molecule has 1 aromatic carbocycles. The van der Waals surface area contributed by atoms with E-state index in [1.54, 1.807) is 0 Å². The fraction of sp³-hybridized carbons (Fsp3) is 0.632. The minimum Gasteiger partial charge on any atom is -0.370 e. The van der Waals surface area contributed by atoms with Crippen LogP contribution in [0.4, 0.5) is 0 Å². The fourth-order valence-electron chi connectivity index (χ4n) is 4.07. The molecule has 4 nitrogen and oxygen atoms in total. The maximum atomic E-state index is 12.6. The van der Waals surface area contributed by atoms with Gasteiger partial charge in [0, 0.05) is 12.0 Å². The standard InChI is InChI=1S/C19H28N2O2/c1-16(21-11-13-23-14-12-21)18(22)20-15-19(9-5-6-10-19)17-7-3-2-4-8-17/h2-4,7-8,16H,5-6,9-15H2,1H3,(H,20,22)/p+1/t16-/m0/s1. The first-order valence-corrected chi connectivity index (χ1v) is 8.97. The molecule has 1 amide bonds. The molecule has 23 heavy (non-hydrogen) atoms. The van der Waals surface area contributed by atoms with Crippen LogP contribution in [0.3, 0.4) is 0 Å². The molecule has 2 aliphatic rings. The summed E-state index contributed by atoms with van der Waals surface area (Å²) in [5.74, 6) is 0.184. The van der Waals surface area contributed by atoms with Crippen molar-refractivity contribution in [3.63, 3.8) is 0 Å². The van der Waals surface area contributed by atoms with E-state index in [-0.39, 0.29) is 17.4 Å². The molecule has 0 unspecified atom stereocenters. The van der Waals surface area contributed by atoms with Gasteiger partial charge in [-0.05, 0) is 25.3 Å². The van der Waals surface area contributed by atoms with Gasteiger partial charge in [-0.2, -0.15) is 0 Å². The highest BCUT2D eigenvalue weighted by atomic mass is 16.5. The molecular formula is C19H29N2O2+. The smallest absolute Gasteiger partial charge is 0.278 e. The summed E-state index contributed by atoms with van der Waals surface area (Å²) >= 11 is 0. The summed E-state index contributed by atoms with van der Waals surface area (Å²) < 4.78 is 5.39. The Morgan fingerprint density at radius 1 is 1.22 bits per heavy atom. The molecule has 1 saturated heterocycles.